The first-order chi connectivity index (χ1) is 11.5. The number of aryl methyl sites for hydroxylation is 1. The average molecular weight is 327 g/mol. The Morgan fingerprint density at radius 1 is 1.25 bits per heavy atom. The summed E-state index contributed by atoms with van der Waals surface area (Å²) >= 11 is 0. The lowest BCUT2D eigenvalue weighted by Gasteiger charge is -2.16. The third-order valence-electron chi connectivity index (χ3n) is 4.02. The third kappa shape index (κ3) is 2.85. The summed E-state index contributed by atoms with van der Waals surface area (Å²) in [5.74, 6) is -0.191. The van der Waals surface area contributed by atoms with E-state index in [0.717, 1.165) is 10.9 Å². The summed E-state index contributed by atoms with van der Waals surface area (Å²) in [4.78, 5) is 14.2. The SMILES string of the molecule is COc1ccc(CN(C)C(=O)c2oc3ccccc3c2C)cc1F. The van der Waals surface area contributed by atoms with Crippen molar-refractivity contribution < 1.29 is 18.3 Å². The number of hydrogen-bond donors (Lipinski definition) is 0. The fourth-order valence-electron chi connectivity index (χ4n) is 2.71. The maximum Gasteiger partial charge on any atom is 0.289 e. The van der Waals surface area contributed by atoms with E-state index in [2.05, 4.69) is 0 Å². The standard InChI is InChI=1S/C19H18FNO3/c1-12-14-6-4-5-7-16(14)24-18(12)19(22)21(2)11-13-8-9-17(23-3)15(20)10-13/h4-10H,11H2,1-3H3. The smallest absolute Gasteiger partial charge is 0.289 e. The molecule has 4 nitrogen and oxygen atoms in total. The van der Waals surface area contributed by atoms with Crippen molar-refractivity contribution in [1.82, 2.24) is 4.90 Å². The second kappa shape index (κ2) is 6.35. The third-order valence-corrected chi connectivity index (χ3v) is 4.02. The Kier molecular flexibility index (Phi) is 4.25. The van der Waals surface area contributed by atoms with Crippen molar-refractivity contribution >= 4 is 16.9 Å². The Morgan fingerprint density at radius 3 is 2.67 bits per heavy atom. The molecule has 0 atom stereocenters. The molecule has 124 valence electrons. The number of carbonyl (C=O) groups is 1. The molecule has 24 heavy (non-hydrogen) atoms. The molecule has 0 unspecified atom stereocenters. The first-order valence-corrected chi connectivity index (χ1v) is 7.57. The number of ether oxygens (including phenoxy) is 1. The minimum atomic E-state index is -0.448. The molecule has 3 rings (SSSR count). The van der Waals surface area contributed by atoms with E-state index in [1.54, 1.807) is 19.2 Å². The summed E-state index contributed by atoms with van der Waals surface area (Å²) in [5.41, 5.74) is 2.17. The minimum Gasteiger partial charge on any atom is -0.494 e. The molecule has 3 aromatic rings. The van der Waals surface area contributed by atoms with Crippen LogP contribution in [0.3, 0.4) is 0 Å². The van der Waals surface area contributed by atoms with Gasteiger partial charge in [0.25, 0.3) is 5.91 Å². The average Bonchev–Trinajstić information content (AvgIpc) is 2.91. The van der Waals surface area contributed by atoms with Gasteiger partial charge in [0.05, 0.1) is 7.11 Å². The van der Waals surface area contributed by atoms with Crippen molar-refractivity contribution in [3.05, 3.63) is 65.2 Å². The highest BCUT2D eigenvalue weighted by molar-refractivity contribution is 5.98. The molecule has 0 aliphatic heterocycles. The summed E-state index contributed by atoms with van der Waals surface area (Å²) in [6.07, 6.45) is 0. The molecule has 2 aromatic carbocycles. The molecule has 1 aromatic heterocycles. The highest BCUT2D eigenvalue weighted by atomic mass is 19.1. The lowest BCUT2D eigenvalue weighted by atomic mass is 10.1. The molecule has 0 fully saturated rings. The molecule has 1 heterocycles. The number of amides is 1. The van der Waals surface area contributed by atoms with Crippen LogP contribution in [0.4, 0.5) is 4.39 Å². The largest absolute Gasteiger partial charge is 0.494 e. The number of para-hydroxylation sites is 1. The molecule has 0 aliphatic carbocycles. The van der Waals surface area contributed by atoms with Gasteiger partial charge in [-0.05, 0) is 30.7 Å². The summed E-state index contributed by atoms with van der Waals surface area (Å²) in [6, 6.07) is 12.2. The summed E-state index contributed by atoms with van der Waals surface area (Å²) < 4.78 is 24.4. The van der Waals surface area contributed by atoms with E-state index < -0.39 is 5.82 Å². The topological polar surface area (TPSA) is 42.7 Å². The fourth-order valence-corrected chi connectivity index (χ4v) is 2.71. The van der Waals surface area contributed by atoms with Gasteiger partial charge in [0.2, 0.25) is 0 Å². The van der Waals surface area contributed by atoms with E-state index in [4.69, 9.17) is 9.15 Å². The zero-order valence-corrected chi connectivity index (χ0v) is 13.8. The van der Waals surface area contributed by atoms with Gasteiger partial charge in [-0.2, -0.15) is 0 Å². The maximum absolute atomic E-state index is 13.8. The predicted molar refractivity (Wildman–Crippen MR) is 89.7 cm³/mol. The van der Waals surface area contributed by atoms with E-state index in [0.29, 0.717) is 16.9 Å². The van der Waals surface area contributed by atoms with Gasteiger partial charge in [0.15, 0.2) is 17.3 Å². The van der Waals surface area contributed by atoms with Crippen LogP contribution in [0.1, 0.15) is 21.7 Å². The van der Waals surface area contributed by atoms with E-state index in [-0.39, 0.29) is 18.2 Å². The van der Waals surface area contributed by atoms with Crippen LogP contribution in [0, 0.1) is 12.7 Å². The van der Waals surface area contributed by atoms with E-state index in [1.165, 1.54) is 18.1 Å². The van der Waals surface area contributed by atoms with Gasteiger partial charge in [-0.3, -0.25) is 4.79 Å². The van der Waals surface area contributed by atoms with E-state index in [1.807, 2.05) is 31.2 Å². The van der Waals surface area contributed by atoms with E-state index in [9.17, 15) is 9.18 Å². The van der Waals surface area contributed by atoms with Gasteiger partial charge in [0.1, 0.15) is 5.58 Å². The van der Waals surface area contributed by atoms with Crippen molar-refractivity contribution in [2.45, 2.75) is 13.5 Å². The van der Waals surface area contributed by atoms with Gasteiger partial charge >= 0.3 is 0 Å². The first-order valence-electron chi connectivity index (χ1n) is 7.57. The van der Waals surface area contributed by atoms with Crippen molar-refractivity contribution in [2.24, 2.45) is 0 Å². The number of methoxy groups -OCH3 is 1. The zero-order valence-electron chi connectivity index (χ0n) is 13.8. The Bertz CT molecular complexity index is 901. The number of benzene rings is 2. The van der Waals surface area contributed by atoms with Gasteiger partial charge in [0, 0.05) is 24.5 Å². The maximum atomic E-state index is 13.8. The molecule has 1 amide bonds. The number of carbonyl (C=O) groups excluding carboxylic acids is 1. The minimum absolute atomic E-state index is 0.181. The van der Waals surface area contributed by atoms with Crippen LogP contribution in [0.15, 0.2) is 46.9 Å². The number of nitrogens with zero attached hydrogens (tertiary/aromatic N) is 1. The quantitative estimate of drug-likeness (QED) is 0.722. The molecule has 0 bridgehead atoms. The molecule has 0 saturated heterocycles. The lowest BCUT2D eigenvalue weighted by molar-refractivity contribution is 0.0754. The molecule has 0 N–H and O–H groups in total. The van der Waals surface area contributed by atoms with Crippen molar-refractivity contribution in [1.29, 1.82) is 0 Å². The number of halogens is 1. The van der Waals surface area contributed by atoms with Gasteiger partial charge in [-0.15, -0.1) is 0 Å². The van der Waals surface area contributed by atoms with E-state index >= 15 is 0 Å². The summed E-state index contributed by atoms with van der Waals surface area (Å²) in [6.45, 7) is 2.14. The van der Waals surface area contributed by atoms with Crippen LogP contribution in [0.25, 0.3) is 11.0 Å². The van der Waals surface area contributed by atoms with Crippen LogP contribution in [-0.2, 0) is 6.54 Å². The normalized spacial score (nSPS) is 10.8. The summed E-state index contributed by atoms with van der Waals surface area (Å²) in [5, 5.41) is 0.921. The highest BCUT2D eigenvalue weighted by Gasteiger charge is 2.21. The number of furan rings is 1. The number of hydrogen-bond acceptors (Lipinski definition) is 3. The van der Waals surface area contributed by atoms with Crippen molar-refractivity contribution in [2.75, 3.05) is 14.2 Å². The second-order valence-electron chi connectivity index (χ2n) is 5.68. The van der Waals surface area contributed by atoms with Gasteiger partial charge in [-0.1, -0.05) is 24.3 Å². The van der Waals surface area contributed by atoms with Crippen LogP contribution >= 0.6 is 0 Å². The van der Waals surface area contributed by atoms with Crippen LogP contribution in [-0.4, -0.2) is 25.0 Å². The zero-order chi connectivity index (χ0) is 17.3. The fraction of sp³-hybridized carbons (Fsp3) is 0.211. The van der Waals surface area contributed by atoms with Gasteiger partial charge in [-0.25, -0.2) is 4.39 Å². The predicted octanol–water partition coefficient (Wildman–Crippen LogP) is 4.16. The molecular formula is C19H18FNO3. The highest BCUT2D eigenvalue weighted by Crippen LogP contribution is 2.26. The molecule has 0 radical (unpaired) electrons. The second-order valence-corrected chi connectivity index (χ2v) is 5.68. The molecule has 5 heteroatoms. The van der Waals surface area contributed by atoms with Crippen molar-refractivity contribution in [3.8, 4) is 5.75 Å². The Labute approximate surface area is 139 Å². The molecule has 0 aliphatic rings. The first kappa shape index (κ1) is 16.1. The Balaban J connectivity index is 1.83. The lowest BCUT2D eigenvalue weighted by Crippen LogP contribution is -2.26. The Morgan fingerprint density at radius 2 is 2.00 bits per heavy atom. The molecule has 0 saturated carbocycles. The van der Waals surface area contributed by atoms with Crippen LogP contribution < -0.4 is 4.74 Å². The van der Waals surface area contributed by atoms with Gasteiger partial charge < -0.3 is 14.1 Å². The van der Waals surface area contributed by atoms with Crippen molar-refractivity contribution in [3.63, 3.8) is 0 Å². The monoisotopic (exact) mass is 327 g/mol. The molecular weight excluding hydrogens is 309 g/mol. The molecule has 0 spiro atoms. The van der Waals surface area contributed by atoms with Crippen LogP contribution in [0.5, 0.6) is 5.75 Å². The number of fused-ring (bicyclic) bond motifs is 1. The van der Waals surface area contributed by atoms with Crippen LogP contribution in [0.2, 0.25) is 0 Å². The number of rotatable bonds is 4. The summed E-state index contributed by atoms with van der Waals surface area (Å²) in [7, 11) is 3.08. The Hall–Kier alpha value is -2.82.